The monoisotopic (exact) mass is 244 g/mol. The van der Waals surface area contributed by atoms with E-state index in [1.807, 2.05) is 24.3 Å². The minimum atomic E-state index is -0.179. The molecule has 0 saturated carbocycles. The van der Waals surface area contributed by atoms with Crippen molar-refractivity contribution in [2.24, 2.45) is 0 Å². The summed E-state index contributed by atoms with van der Waals surface area (Å²) in [6.07, 6.45) is 0. The Kier molecular flexibility index (Phi) is 3.19. The van der Waals surface area contributed by atoms with Gasteiger partial charge < -0.3 is 10.2 Å². The number of ketones is 1. The van der Waals surface area contributed by atoms with Gasteiger partial charge in [0.1, 0.15) is 5.69 Å². The standard InChI is InChI=1S/C14H16N2O2/c1-8(2)10-4-6-11(7-5-10)12-13(9(3)17)18-14(15)16-12/h4-8H,1-3H3,(H2,15,16). The molecule has 0 fully saturated rings. The fourth-order valence-corrected chi connectivity index (χ4v) is 1.80. The molecule has 0 bridgehead atoms. The number of carbonyl (C=O) groups is 1. The van der Waals surface area contributed by atoms with Crippen molar-refractivity contribution in [3.05, 3.63) is 35.6 Å². The molecule has 2 rings (SSSR count). The largest absolute Gasteiger partial charge is 0.420 e. The zero-order valence-corrected chi connectivity index (χ0v) is 10.7. The molecule has 1 aromatic heterocycles. The number of Topliss-reactive ketones (excluding diaryl/α,β-unsaturated/α-hetero) is 1. The van der Waals surface area contributed by atoms with E-state index in [2.05, 4.69) is 18.8 Å². The molecule has 0 aliphatic rings. The van der Waals surface area contributed by atoms with E-state index in [0.29, 0.717) is 11.6 Å². The van der Waals surface area contributed by atoms with Crippen molar-refractivity contribution in [3.63, 3.8) is 0 Å². The maximum atomic E-state index is 11.4. The van der Waals surface area contributed by atoms with Crippen LogP contribution >= 0.6 is 0 Å². The van der Waals surface area contributed by atoms with Crippen molar-refractivity contribution in [2.45, 2.75) is 26.7 Å². The first-order valence-electron chi connectivity index (χ1n) is 5.86. The van der Waals surface area contributed by atoms with Gasteiger partial charge in [0.2, 0.25) is 0 Å². The minimum Gasteiger partial charge on any atom is -0.420 e. The number of nitrogens with zero attached hydrogens (tertiary/aromatic N) is 1. The molecule has 1 heterocycles. The summed E-state index contributed by atoms with van der Waals surface area (Å²) in [5.74, 6) is 0.501. The number of benzene rings is 1. The topological polar surface area (TPSA) is 69.1 Å². The first-order valence-corrected chi connectivity index (χ1v) is 5.86. The number of nitrogen functional groups attached to an aromatic ring is 1. The summed E-state index contributed by atoms with van der Waals surface area (Å²) in [7, 11) is 0. The fraction of sp³-hybridized carbons (Fsp3) is 0.286. The Morgan fingerprint density at radius 1 is 1.28 bits per heavy atom. The summed E-state index contributed by atoms with van der Waals surface area (Å²) in [4.78, 5) is 15.5. The molecule has 0 aliphatic carbocycles. The number of hydrogen-bond donors (Lipinski definition) is 1. The Balaban J connectivity index is 2.45. The second-order valence-electron chi connectivity index (χ2n) is 4.56. The van der Waals surface area contributed by atoms with Gasteiger partial charge in [-0.2, -0.15) is 4.98 Å². The molecular formula is C14H16N2O2. The van der Waals surface area contributed by atoms with Crippen LogP contribution in [0.1, 0.15) is 42.8 Å². The number of hydrogen-bond acceptors (Lipinski definition) is 4. The molecule has 0 spiro atoms. The average molecular weight is 244 g/mol. The van der Waals surface area contributed by atoms with Crippen LogP contribution in [0.4, 0.5) is 6.01 Å². The molecule has 94 valence electrons. The Hall–Kier alpha value is -2.10. The zero-order chi connectivity index (χ0) is 13.3. The van der Waals surface area contributed by atoms with Crippen LogP contribution in [0.3, 0.4) is 0 Å². The average Bonchev–Trinajstić information content (AvgIpc) is 2.71. The fourth-order valence-electron chi connectivity index (χ4n) is 1.80. The second kappa shape index (κ2) is 4.64. The molecule has 0 unspecified atom stereocenters. The van der Waals surface area contributed by atoms with Crippen LogP contribution < -0.4 is 5.73 Å². The number of nitrogens with two attached hydrogens (primary N) is 1. The van der Waals surface area contributed by atoms with Crippen molar-refractivity contribution in [3.8, 4) is 11.3 Å². The van der Waals surface area contributed by atoms with E-state index in [1.54, 1.807) is 0 Å². The van der Waals surface area contributed by atoms with E-state index in [9.17, 15) is 4.79 Å². The summed E-state index contributed by atoms with van der Waals surface area (Å²) in [6.45, 7) is 5.69. The molecular weight excluding hydrogens is 228 g/mol. The van der Waals surface area contributed by atoms with Crippen LogP contribution in [0.25, 0.3) is 11.3 Å². The molecule has 0 atom stereocenters. The summed E-state index contributed by atoms with van der Waals surface area (Å²) >= 11 is 0. The minimum absolute atomic E-state index is 0.0168. The quantitative estimate of drug-likeness (QED) is 0.841. The number of anilines is 1. The van der Waals surface area contributed by atoms with E-state index >= 15 is 0 Å². The highest BCUT2D eigenvalue weighted by molar-refractivity contribution is 5.97. The van der Waals surface area contributed by atoms with Gasteiger partial charge in [-0.1, -0.05) is 38.1 Å². The number of aromatic nitrogens is 1. The van der Waals surface area contributed by atoms with Crippen LogP contribution in [-0.2, 0) is 0 Å². The van der Waals surface area contributed by atoms with E-state index in [0.717, 1.165) is 5.56 Å². The molecule has 0 amide bonds. The first kappa shape index (κ1) is 12.4. The van der Waals surface area contributed by atoms with E-state index in [-0.39, 0.29) is 17.6 Å². The molecule has 0 radical (unpaired) electrons. The number of oxazole rings is 1. The molecule has 1 aromatic carbocycles. The van der Waals surface area contributed by atoms with Crippen LogP contribution in [0, 0.1) is 0 Å². The number of carbonyl (C=O) groups excluding carboxylic acids is 1. The lowest BCUT2D eigenvalue weighted by molar-refractivity contribution is 0.0989. The maximum absolute atomic E-state index is 11.4. The molecule has 0 aliphatic heterocycles. The third-order valence-corrected chi connectivity index (χ3v) is 2.81. The zero-order valence-electron chi connectivity index (χ0n) is 10.7. The third-order valence-electron chi connectivity index (χ3n) is 2.81. The van der Waals surface area contributed by atoms with Gasteiger partial charge >= 0.3 is 0 Å². The first-order chi connectivity index (χ1) is 8.49. The lowest BCUT2D eigenvalue weighted by Gasteiger charge is -2.05. The summed E-state index contributed by atoms with van der Waals surface area (Å²) in [5.41, 5.74) is 8.09. The molecule has 0 saturated heterocycles. The molecule has 18 heavy (non-hydrogen) atoms. The SMILES string of the molecule is CC(=O)c1oc(N)nc1-c1ccc(C(C)C)cc1. The van der Waals surface area contributed by atoms with Gasteiger partial charge in [-0.3, -0.25) is 4.79 Å². The lowest BCUT2D eigenvalue weighted by atomic mass is 10.0. The number of rotatable bonds is 3. The summed E-state index contributed by atoms with van der Waals surface area (Å²) in [5, 5.41) is 0. The van der Waals surface area contributed by atoms with Gasteiger partial charge in [0.15, 0.2) is 11.5 Å². The normalized spacial score (nSPS) is 10.9. The predicted molar refractivity (Wildman–Crippen MR) is 70.4 cm³/mol. The van der Waals surface area contributed by atoms with Gasteiger partial charge in [0.25, 0.3) is 6.01 Å². The third kappa shape index (κ3) is 2.27. The van der Waals surface area contributed by atoms with Gasteiger partial charge in [-0.25, -0.2) is 0 Å². The molecule has 4 heteroatoms. The van der Waals surface area contributed by atoms with Crippen molar-refractivity contribution in [1.29, 1.82) is 0 Å². The molecule has 2 aromatic rings. The van der Waals surface area contributed by atoms with Gasteiger partial charge in [0.05, 0.1) is 0 Å². The van der Waals surface area contributed by atoms with E-state index in [4.69, 9.17) is 10.2 Å². The molecule has 4 nitrogen and oxygen atoms in total. The Morgan fingerprint density at radius 3 is 2.39 bits per heavy atom. The van der Waals surface area contributed by atoms with Crippen LogP contribution in [0.2, 0.25) is 0 Å². The summed E-state index contributed by atoms with van der Waals surface area (Å²) < 4.78 is 5.13. The predicted octanol–water partition coefficient (Wildman–Crippen LogP) is 3.25. The second-order valence-corrected chi connectivity index (χ2v) is 4.56. The Morgan fingerprint density at radius 2 is 1.89 bits per heavy atom. The summed E-state index contributed by atoms with van der Waals surface area (Å²) in [6, 6.07) is 7.92. The van der Waals surface area contributed by atoms with Crippen molar-refractivity contribution in [2.75, 3.05) is 5.73 Å². The van der Waals surface area contributed by atoms with Crippen LogP contribution in [0.15, 0.2) is 28.7 Å². The van der Waals surface area contributed by atoms with E-state index < -0.39 is 0 Å². The van der Waals surface area contributed by atoms with Crippen molar-refractivity contribution in [1.82, 2.24) is 4.98 Å². The highest BCUT2D eigenvalue weighted by Crippen LogP contribution is 2.27. The van der Waals surface area contributed by atoms with E-state index in [1.165, 1.54) is 12.5 Å². The van der Waals surface area contributed by atoms with Gasteiger partial charge in [-0.05, 0) is 11.5 Å². The highest BCUT2D eigenvalue weighted by Gasteiger charge is 2.17. The highest BCUT2D eigenvalue weighted by atomic mass is 16.4. The maximum Gasteiger partial charge on any atom is 0.293 e. The lowest BCUT2D eigenvalue weighted by Crippen LogP contribution is -1.93. The molecule has 2 N–H and O–H groups in total. The smallest absolute Gasteiger partial charge is 0.293 e. The Labute approximate surface area is 106 Å². The van der Waals surface area contributed by atoms with Crippen molar-refractivity contribution >= 4 is 11.8 Å². The van der Waals surface area contributed by atoms with Gasteiger partial charge in [0, 0.05) is 12.5 Å². The van der Waals surface area contributed by atoms with Gasteiger partial charge in [-0.15, -0.1) is 0 Å². The Bertz CT molecular complexity index is 568. The van der Waals surface area contributed by atoms with Crippen LogP contribution in [-0.4, -0.2) is 10.8 Å². The van der Waals surface area contributed by atoms with Crippen molar-refractivity contribution < 1.29 is 9.21 Å². The van der Waals surface area contributed by atoms with Crippen LogP contribution in [0.5, 0.6) is 0 Å².